The summed E-state index contributed by atoms with van der Waals surface area (Å²) in [6.07, 6.45) is 4.95. The molecule has 0 radical (unpaired) electrons. The van der Waals surface area contributed by atoms with Crippen LogP contribution >= 0.6 is 0 Å². The van der Waals surface area contributed by atoms with E-state index in [1.165, 1.54) is 42.5 Å². The summed E-state index contributed by atoms with van der Waals surface area (Å²) in [5.41, 5.74) is 4.39. The molecule has 0 fully saturated rings. The summed E-state index contributed by atoms with van der Waals surface area (Å²) in [5, 5.41) is 0. The minimum absolute atomic E-state index is 1.16. The van der Waals surface area contributed by atoms with Crippen LogP contribution in [0.1, 0.15) is 44.2 Å². The van der Waals surface area contributed by atoms with Gasteiger partial charge in [0.2, 0.25) is 0 Å². The van der Waals surface area contributed by atoms with Crippen LogP contribution in [0.25, 0.3) is 0 Å². The summed E-state index contributed by atoms with van der Waals surface area (Å²) >= 11 is 0. The van der Waals surface area contributed by atoms with Gasteiger partial charge in [-0.2, -0.15) is 0 Å². The molecule has 0 saturated carbocycles. The first kappa shape index (κ1) is 13.1. The van der Waals surface area contributed by atoms with Crippen molar-refractivity contribution >= 4 is 5.69 Å². The van der Waals surface area contributed by atoms with E-state index in [1.54, 1.807) is 0 Å². The van der Waals surface area contributed by atoms with Gasteiger partial charge in [0.15, 0.2) is 0 Å². The Morgan fingerprint density at radius 1 is 1.12 bits per heavy atom. The fraction of sp³-hybridized carbons (Fsp3) is 0.600. The number of nitrogens with zero attached hydrogens (tertiary/aromatic N) is 1. The van der Waals surface area contributed by atoms with Crippen LogP contribution in [-0.2, 0) is 6.42 Å². The van der Waals surface area contributed by atoms with E-state index in [0.29, 0.717) is 0 Å². The van der Waals surface area contributed by atoms with Crippen molar-refractivity contribution in [2.24, 2.45) is 0 Å². The van der Waals surface area contributed by atoms with Crippen molar-refractivity contribution in [1.82, 2.24) is 0 Å². The van der Waals surface area contributed by atoms with Gasteiger partial charge in [-0.25, -0.2) is 0 Å². The number of anilines is 1. The van der Waals surface area contributed by atoms with Gasteiger partial charge in [-0.15, -0.1) is 0 Å². The molecule has 0 aliphatic heterocycles. The lowest BCUT2D eigenvalue weighted by molar-refractivity contribution is 0.761. The summed E-state index contributed by atoms with van der Waals surface area (Å²) in [7, 11) is 2.21. The molecule has 0 bridgehead atoms. The van der Waals surface area contributed by atoms with E-state index in [-0.39, 0.29) is 0 Å². The zero-order chi connectivity index (χ0) is 12.0. The van der Waals surface area contributed by atoms with E-state index in [4.69, 9.17) is 0 Å². The number of hydrogen-bond acceptors (Lipinski definition) is 1. The van der Waals surface area contributed by atoms with Crippen molar-refractivity contribution in [3.05, 3.63) is 29.3 Å². The van der Waals surface area contributed by atoms with Crippen LogP contribution in [0.5, 0.6) is 0 Å². The third-order valence-corrected chi connectivity index (χ3v) is 3.14. The highest BCUT2D eigenvalue weighted by atomic mass is 15.1. The summed E-state index contributed by atoms with van der Waals surface area (Å²) in [5.74, 6) is 0. The Balaban J connectivity index is 2.88. The maximum Gasteiger partial charge on any atom is 0.0398 e. The Kier molecular flexibility index (Phi) is 5.37. The molecule has 0 saturated heterocycles. The zero-order valence-electron chi connectivity index (χ0n) is 11.2. The molecule has 16 heavy (non-hydrogen) atoms. The molecular formula is C15H25N. The molecule has 0 heterocycles. The fourth-order valence-electron chi connectivity index (χ4n) is 2.14. The molecule has 0 aromatic heterocycles. The molecule has 1 nitrogen and oxygen atoms in total. The van der Waals surface area contributed by atoms with Gasteiger partial charge in [-0.1, -0.05) is 38.8 Å². The van der Waals surface area contributed by atoms with Crippen molar-refractivity contribution in [3.8, 4) is 0 Å². The van der Waals surface area contributed by atoms with Gasteiger partial charge < -0.3 is 4.90 Å². The lowest BCUT2D eigenvalue weighted by Crippen LogP contribution is -2.20. The quantitative estimate of drug-likeness (QED) is 0.693. The number of aryl methyl sites for hydroxylation is 1. The largest absolute Gasteiger partial charge is 0.374 e. The van der Waals surface area contributed by atoms with Gasteiger partial charge >= 0.3 is 0 Å². The van der Waals surface area contributed by atoms with Crippen LogP contribution < -0.4 is 4.90 Å². The predicted molar refractivity (Wildman–Crippen MR) is 73.4 cm³/mol. The maximum absolute atomic E-state index is 2.40. The Hall–Kier alpha value is -0.980. The molecule has 90 valence electrons. The minimum Gasteiger partial charge on any atom is -0.374 e. The molecule has 1 aromatic rings. The van der Waals surface area contributed by atoms with Gasteiger partial charge in [0.1, 0.15) is 0 Å². The molecule has 0 amide bonds. The van der Waals surface area contributed by atoms with E-state index in [0.717, 1.165) is 6.54 Å². The van der Waals surface area contributed by atoms with E-state index in [9.17, 15) is 0 Å². The number of rotatable bonds is 6. The molecule has 0 atom stereocenters. The summed E-state index contributed by atoms with van der Waals surface area (Å²) in [6, 6.07) is 6.65. The molecule has 0 N–H and O–H groups in total. The average Bonchev–Trinajstić information content (AvgIpc) is 2.29. The number of hydrogen-bond donors (Lipinski definition) is 0. The topological polar surface area (TPSA) is 3.24 Å². The molecule has 1 rings (SSSR count). The highest BCUT2D eigenvalue weighted by Crippen LogP contribution is 2.24. The number of unbranched alkanes of at least 4 members (excludes halogenated alkanes) is 1. The third-order valence-electron chi connectivity index (χ3n) is 3.14. The van der Waals surface area contributed by atoms with Crippen LogP contribution in [-0.4, -0.2) is 13.6 Å². The van der Waals surface area contributed by atoms with Crippen LogP contribution in [0.3, 0.4) is 0 Å². The molecule has 0 aliphatic rings. The second kappa shape index (κ2) is 6.57. The van der Waals surface area contributed by atoms with Gasteiger partial charge in [0.05, 0.1) is 0 Å². The van der Waals surface area contributed by atoms with E-state index in [1.807, 2.05) is 0 Å². The summed E-state index contributed by atoms with van der Waals surface area (Å²) in [6.45, 7) is 7.89. The highest BCUT2D eigenvalue weighted by molar-refractivity contribution is 5.56. The van der Waals surface area contributed by atoms with E-state index >= 15 is 0 Å². The van der Waals surface area contributed by atoms with E-state index < -0.39 is 0 Å². The lowest BCUT2D eigenvalue weighted by Gasteiger charge is -2.23. The molecule has 0 unspecified atom stereocenters. The van der Waals surface area contributed by atoms with Gasteiger partial charge in [-0.3, -0.25) is 0 Å². The average molecular weight is 219 g/mol. The monoisotopic (exact) mass is 219 g/mol. The van der Waals surface area contributed by atoms with Crippen LogP contribution in [0, 0.1) is 6.92 Å². The molecular weight excluding hydrogens is 194 g/mol. The van der Waals surface area contributed by atoms with Crippen molar-refractivity contribution < 1.29 is 0 Å². The Labute approximate surface area is 100 Å². The van der Waals surface area contributed by atoms with Crippen molar-refractivity contribution in [2.75, 3.05) is 18.5 Å². The lowest BCUT2D eigenvalue weighted by atomic mass is 10.0. The Morgan fingerprint density at radius 3 is 2.50 bits per heavy atom. The second-order valence-electron chi connectivity index (χ2n) is 4.60. The molecule has 1 heteroatoms. The van der Waals surface area contributed by atoms with Crippen LogP contribution in [0.2, 0.25) is 0 Å². The molecule has 1 aromatic carbocycles. The highest BCUT2D eigenvalue weighted by Gasteiger charge is 2.08. The number of benzene rings is 1. The van der Waals surface area contributed by atoms with Crippen LogP contribution in [0.4, 0.5) is 5.69 Å². The standard InChI is InChI=1S/C15H25N/c1-5-7-12-16(4)15-11-8-10-13(3)14(15)9-6-2/h8,10-11H,5-7,9,12H2,1-4H3. The Bertz CT molecular complexity index is 317. The first-order chi connectivity index (χ1) is 7.70. The Morgan fingerprint density at radius 2 is 1.88 bits per heavy atom. The van der Waals surface area contributed by atoms with Crippen molar-refractivity contribution in [2.45, 2.75) is 46.5 Å². The van der Waals surface area contributed by atoms with Crippen molar-refractivity contribution in [1.29, 1.82) is 0 Å². The third kappa shape index (κ3) is 3.26. The minimum atomic E-state index is 1.16. The predicted octanol–water partition coefficient (Wildman–Crippen LogP) is 4.18. The smallest absolute Gasteiger partial charge is 0.0398 e. The van der Waals surface area contributed by atoms with Gasteiger partial charge in [-0.05, 0) is 37.0 Å². The summed E-state index contributed by atoms with van der Waals surface area (Å²) < 4.78 is 0. The maximum atomic E-state index is 2.40. The van der Waals surface area contributed by atoms with Crippen molar-refractivity contribution in [3.63, 3.8) is 0 Å². The van der Waals surface area contributed by atoms with E-state index in [2.05, 4.69) is 50.9 Å². The van der Waals surface area contributed by atoms with Gasteiger partial charge in [0.25, 0.3) is 0 Å². The zero-order valence-corrected chi connectivity index (χ0v) is 11.2. The first-order valence-electron chi connectivity index (χ1n) is 6.50. The first-order valence-corrected chi connectivity index (χ1v) is 6.50. The second-order valence-corrected chi connectivity index (χ2v) is 4.60. The normalized spacial score (nSPS) is 10.5. The van der Waals surface area contributed by atoms with Gasteiger partial charge in [0, 0.05) is 19.3 Å². The molecule has 0 spiro atoms. The summed E-state index contributed by atoms with van der Waals surface area (Å²) in [4.78, 5) is 2.40. The van der Waals surface area contributed by atoms with Crippen LogP contribution in [0.15, 0.2) is 18.2 Å². The molecule has 0 aliphatic carbocycles. The SMILES string of the molecule is CCCCN(C)c1cccc(C)c1CCC. The fourth-order valence-corrected chi connectivity index (χ4v) is 2.14.